The van der Waals surface area contributed by atoms with Crippen LogP contribution in [0.3, 0.4) is 0 Å². The van der Waals surface area contributed by atoms with Crippen LogP contribution < -0.4 is 21.3 Å². The Morgan fingerprint density at radius 1 is 0.569 bits per heavy atom. The molecular formula is C41H38N6O4. The first-order valence-corrected chi connectivity index (χ1v) is 17.9. The summed E-state index contributed by atoms with van der Waals surface area (Å²) in [5.41, 5.74) is 5.08. The van der Waals surface area contributed by atoms with Crippen molar-refractivity contribution in [1.29, 1.82) is 0 Å². The first kappa shape index (κ1) is 30.2. The maximum Gasteiger partial charge on any atom is 0.247 e. The monoisotopic (exact) mass is 678 g/mol. The molecule has 10 nitrogen and oxygen atoms in total. The Bertz CT molecular complexity index is 2140. The number of carbonyl (C=O) groups is 4. The first-order chi connectivity index (χ1) is 24.8. The van der Waals surface area contributed by atoms with Crippen molar-refractivity contribution in [3.8, 4) is 0 Å². The van der Waals surface area contributed by atoms with Crippen molar-refractivity contribution < 1.29 is 19.2 Å². The average molecular weight is 679 g/mol. The third-order valence-corrected chi connectivity index (χ3v) is 12.5. The molecule has 4 fully saturated rings. The molecule has 6 aliphatic rings. The first-order valence-electron chi connectivity index (χ1n) is 17.9. The van der Waals surface area contributed by atoms with E-state index in [1.54, 1.807) is 9.80 Å². The van der Waals surface area contributed by atoms with Crippen molar-refractivity contribution in [1.82, 2.24) is 20.4 Å². The second-order valence-corrected chi connectivity index (χ2v) is 15.1. The topological polar surface area (TPSA) is 123 Å². The van der Waals surface area contributed by atoms with Gasteiger partial charge >= 0.3 is 0 Å². The van der Waals surface area contributed by atoms with Crippen molar-refractivity contribution in [2.45, 2.75) is 79.9 Å². The van der Waals surface area contributed by atoms with Gasteiger partial charge in [-0.15, -0.1) is 0 Å². The van der Waals surface area contributed by atoms with E-state index in [0.717, 1.165) is 39.2 Å². The van der Waals surface area contributed by atoms with E-state index in [-0.39, 0.29) is 23.6 Å². The maximum absolute atomic E-state index is 14.7. The number of para-hydroxylation sites is 1. The fraction of sp³-hybridized carbons (Fsp3) is 0.317. The highest BCUT2D eigenvalue weighted by Gasteiger charge is 2.78. The predicted molar refractivity (Wildman–Crippen MR) is 190 cm³/mol. The number of carbonyl (C=O) groups excluding carboxylic acids is 4. The van der Waals surface area contributed by atoms with E-state index in [4.69, 9.17) is 0 Å². The standard InChI is InChI=1S/C41H38N6O4/c1-23-16-17-27-29(18-23)45-39-41(27,22-33-35(49)43-31(37(51)47(33)39)20-25-12-6-3-7-13-25)40-21-32-34(48)42-30(19-24-10-4-2-5-11-24)36(50)46(32)38(40)44-28-15-9-8-14-26(28)40/h2-18,30-33,38-39,44-45H,19-22H2,1H3,(H,42,48)(H,43,49)/t30-,31-,32-,33-,38+,39+,40-,41+/m0/s1. The molecule has 4 aromatic carbocycles. The van der Waals surface area contributed by atoms with Gasteiger partial charge in [-0.3, -0.25) is 19.2 Å². The Kier molecular flexibility index (Phi) is 6.33. The number of hydrogen-bond donors (Lipinski definition) is 4. The normalized spacial score (nSPS) is 32.5. The van der Waals surface area contributed by atoms with Crippen molar-refractivity contribution in [2.75, 3.05) is 10.6 Å². The lowest BCUT2D eigenvalue weighted by molar-refractivity contribution is -0.149. The average Bonchev–Trinajstić information content (AvgIpc) is 3.85. The quantitative estimate of drug-likeness (QED) is 0.257. The van der Waals surface area contributed by atoms with Gasteiger partial charge < -0.3 is 31.1 Å². The molecule has 6 heterocycles. The molecule has 0 radical (unpaired) electrons. The van der Waals surface area contributed by atoms with Crippen molar-refractivity contribution in [3.05, 3.63) is 131 Å². The van der Waals surface area contributed by atoms with Crippen LogP contribution in [-0.2, 0) is 42.8 Å². The largest absolute Gasteiger partial charge is 0.364 e. The Morgan fingerprint density at radius 3 is 1.59 bits per heavy atom. The van der Waals surface area contributed by atoms with Crippen molar-refractivity contribution >= 4 is 35.0 Å². The Hall–Kier alpha value is -5.64. The van der Waals surface area contributed by atoms with Crippen LogP contribution in [0.25, 0.3) is 0 Å². The Labute approximate surface area is 295 Å². The van der Waals surface area contributed by atoms with Gasteiger partial charge in [0.1, 0.15) is 36.5 Å². The van der Waals surface area contributed by atoms with E-state index in [9.17, 15) is 19.2 Å². The van der Waals surface area contributed by atoms with Gasteiger partial charge in [-0.25, -0.2) is 0 Å². The lowest BCUT2D eigenvalue weighted by Crippen LogP contribution is -2.67. The highest BCUT2D eigenvalue weighted by Crippen LogP contribution is 2.69. The number of anilines is 2. The summed E-state index contributed by atoms with van der Waals surface area (Å²) >= 11 is 0. The third-order valence-electron chi connectivity index (χ3n) is 12.5. The molecular weight excluding hydrogens is 640 g/mol. The predicted octanol–water partition coefficient (Wildman–Crippen LogP) is 3.36. The van der Waals surface area contributed by atoms with Gasteiger partial charge in [-0.05, 0) is 59.7 Å². The van der Waals surface area contributed by atoms with Crippen LogP contribution in [0, 0.1) is 6.92 Å². The number of amides is 4. The van der Waals surface area contributed by atoms with Crippen LogP contribution in [-0.4, -0.2) is 69.9 Å². The summed E-state index contributed by atoms with van der Waals surface area (Å²) < 4.78 is 0. The summed E-state index contributed by atoms with van der Waals surface area (Å²) in [6.45, 7) is 2.04. The van der Waals surface area contributed by atoms with E-state index < -0.39 is 47.3 Å². The van der Waals surface area contributed by atoms with Gasteiger partial charge in [0, 0.05) is 24.2 Å². The summed E-state index contributed by atoms with van der Waals surface area (Å²) in [6.07, 6.45) is 0.260. The molecule has 0 aromatic heterocycles. The Morgan fingerprint density at radius 2 is 1.04 bits per heavy atom. The van der Waals surface area contributed by atoms with Gasteiger partial charge in [0.2, 0.25) is 23.6 Å². The highest BCUT2D eigenvalue weighted by atomic mass is 16.2. The number of nitrogens with zero attached hydrogens (tertiary/aromatic N) is 2. The van der Waals surface area contributed by atoms with Crippen LogP contribution in [0.4, 0.5) is 11.4 Å². The molecule has 6 aliphatic heterocycles. The van der Waals surface area contributed by atoms with Crippen LogP contribution in [0.5, 0.6) is 0 Å². The number of fused-ring (bicyclic) bond motifs is 11. The van der Waals surface area contributed by atoms with Crippen LogP contribution in [0.1, 0.15) is 40.7 Å². The fourth-order valence-electron chi connectivity index (χ4n) is 10.6. The zero-order chi connectivity index (χ0) is 34.6. The van der Waals surface area contributed by atoms with Gasteiger partial charge in [-0.2, -0.15) is 0 Å². The van der Waals surface area contributed by atoms with Gasteiger partial charge in [-0.1, -0.05) is 91.0 Å². The minimum atomic E-state index is -0.869. The lowest BCUT2D eigenvalue weighted by atomic mass is 9.54. The summed E-state index contributed by atoms with van der Waals surface area (Å²) in [7, 11) is 0. The van der Waals surface area contributed by atoms with Crippen LogP contribution >= 0.6 is 0 Å². The zero-order valence-electron chi connectivity index (χ0n) is 28.1. The fourth-order valence-corrected chi connectivity index (χ4v) is 10.6. The zero-order valence-corrected chi connectivity index (χ0v) is 28.1. The molecule has 4 amide bonds. The summed E-state index contributed by atoms with van der Waals surface area (Å²) in [4.78, 5) is 61.4. The molecule has 8 atom stereocenters. The molecule has 0 spiro atoms. The lowest BCUT2D eigenvalue weighted by Gasteiger charge is -2.48. The molecule has 0 unspecified atom stereocenters. The van der Waals surface area contributed by atoms with Gasteiger partial charge in [0.15, 0.2) is 0 Å². The number of aryl methyl sites for hydroxylation is 1. The molecule has 4 aromatic rings. The third kappa shape index (κ3) is 3.98. The number of rotatable bonds is 5. The number of hydrogen-bond acceptors (Lipinski definition) is 6. The molecule has 51 heavy (non-hydrogen) atoms. The van der Waals surface area contributed by atoms with E-state index in [1.165, 1.54) is 0 Å². The number of benzene rings is 4. The molecule has 256 valence electrons. The summed E-state index contributed by atoms with van der Waals surface area (Å²) in [6, 6.07) is 31.0. The molecule has 10 rings (SSSR count). The van der Waals surface area contributed by atoms with Gasteiger partial charge in [0.05, 0.1) is 10.8 Å². The highest BCUT2D eigenvalue weighted by molar-refractivity contribution is 6.01. The van der Waals surface area contributed by atoms with E-state index in [1.807, 2.05) is 85.8 Å². The number of nitrogens with one attached hydrogen (secondary N) is 4. The van der Waals surface area contributed by atoms with E-state index >= 15 is 0 Å². The Balaban J connectivity index is 1.14. The molecule has 4 saturated heterocycles. The maximum atomic E-state index is 14.7. The molecule has 10 heteroatoms. The second kappa shape index (κ2) is 10.7. The van der Waals surface area contributed by atoms with E-state index in [0.29, 0.717) is 25.7 Å². The van der Waals surface area contributed by atoms with E-state index in [2.05, 4.69) is 45.5 Å². The number of piperazine rings is 2. The molecule has 0 aliphatic carbocycles. The molecule has 0 bridgehead atoms. The SMILES string of the molecule is Cc1ccc2c(c1)N[C@@H]1N3C(=O)[C@H](Cc4ccccc4)NC(=O)[C@@H]3C[C@@]21[C@]12C[C@H]3C(=O)N[C@@H](Cc4ccccc4)C(=O)N3[C@H]1Nc1ccccc12. The minimum absolute atomic E-state index is 0.132. The minimum Gasteiger partial charge on any atom is -0.364 e. The molecule has 4 N–H and O–H groups in total. The second-order valence-electron chi connectivity index (χ2n) is 15.1. The molecule has 0 saturated carbocycles. The van der Waals surface area contributed by atoms with Gasteiger partial charge in [0.25, 0.3) is 0 Å². The summed E-state index contributed by atoms with van der Waals surface area (Å²) in [5, 5.41) is 13.7. The van der Waals surface area contributed by atoms with Crippen LogP contribution in [0.2, 0.25) is 0 Å². The van der Waals surface area contributed by atoms with Crippen LogP contribution in [0.15, 0.2) is 103 Å². The van der Waals surface area contributed by atoms with Crippen molar-refractivity contribution in [3.63, 3.8) is 0 Å². The summed E-state index contributed by atoms with van der Waals surface area (Å²) in [5.74, 6) is -0.628. The van der Waals surface area contributed by atoms with Crippen molar-refractivity contribution in [2.24, 2.45) is 0 Å². The smallest absolute Gasteiger partial charge is 0.247 e.